The van der Waals surface area contributed by atoms with Gasteiger partial charge in [-0.3, -0.25) is 19.2 Å². The number of rotatable bonds is 18. The van der Waals surface area contributed by atoms with Crippen molar-refractivity contribution in [1.82, 2.24) is 51.3 Å². The first kappa shape index (κ1) is 43.2. The summed E-state index contributed by atoms with van der Waals surface area (Å²) in [5, 5.41) is 24.4. The largest absolute Gasteiger partial charge is 0.363 e. The van der Waals surface area contributed by atoms with E-state index in [1.54, 1.807) is 56.3 Å². The number of aromatic nitrogens is 4. The summed E-state index contributed by atoms with van der Waals surface area (Å²) in [6.45, 7) is 9.09. The Morgan fingerprint density at radius 2 is 1.38 bits per heavy atom. The standard InChI is InChI=1S/C38H54N10O6S/c1-26(39-5)34(49)41-32(36(51)46-20-12-13-21-46)28(3)53-23-14-7-8-15-24-54-29(4)33(42-35(50)27(2)40-6)37(52)47-22-16-17-30(47)25-48-38(43-44-45-48)55-31-18-10-9-11-19-31/h9-11,18-19,26-30,32-33,39-40H,12-13,16-17,20-25H2,1-6H3,(H,41,49)(H,42,50)/t26-,27-,28+,29+,30-,32-,33?/m0/s1. The van der Waals surface area contributed by atoms with Gasteiger partial charge in [0.15, 0.2) is 0 Å². The lowest BCUT2D eigenvalue weighted by Gasteiger charge is -2.32. The van der Waals surface area contributed by atoms with Crippen LogP contribution < -0.4 is 21.3 Å². The van der Waals surface area contributed by atoms with E-state index in [1.807, 2.05) is 30.3 Å². The maximum absolute atomic E-state index is 14.1. The van der Waals surface area contributed by atoms with Gasteiger partial charge in [-0.2, -0.15) is 0 Å². The molecule has 4 N–H and O–H groups in total. The fraction of sp³-hybridized carbons (Fsp3) is 0.605. The Morgan fingerprint density at radius 1 is 0.818 bits per heavy atom. The van der Waals surface area contributed by atoms with Crippen molar-refractivity contribution in [3.05, 3.63) is 30.3 Å². The van der Waals surface area contributed by atoms with Crippen LogP contribution >= 0.6 is 11.8 Å². The van der Waals surface area contributed by atoms with Crippen molar-refractivity contribution in [3.8, 4) is 23.7 Å². The molecule has 1 aromatic carbocycles. The Morgan fingerprint density at radius 3 is 1.95 bits per heavy atom. The van der Waals surface area contributed by atoms with Crippen molar-refractivity contribution < 1.29 is 28.7 Å². The number of benzene rings is 1. The third-order valence-corrected chi connectivity index (χ3v) is 10.7. The first-order valence-electron chi connectivity index (χ1n) is 18.8. The molecule has 2 aliphatic rings. The minimum absolute atomic E-state index is 0.00527. The van der Waals surface area contributed by atoms with Gasteiger partial charge in [0.1, 0.15) is 25.3 Å². The molecule has 0 spiro atoms. The van der Waals surface area contributed by atoms with Crippen LogP contribution in [0.25, 0.3) is 0 Å². The number of ether oxygens (including phenoxy) is 2. The van der Waals surface area contributed by atoms with Crippen molar-refractivity contribution in [2.45, 2.75) is 112 Å². The second kappa shape index (κ2) is 22.1. The minimum atomic E-state index is -0.966. The predicted octanol–water partition coefficient (Wildman–Crippen LogP) is 0.440. The summed E-state index contributed by atoms with van der Waals surface area (Å²) in [4.78, 5) is 57.4. The molecule has 1 aromatic heterocycles. The third-order valence-electron chi connectivity index (χ3n) is 9.71. The number of hydrogen-bond acceptors (Lipinski definition) is 12. The highest BCUT2D eigenvalue weighted by Gasteiger charge is 2.38. The molecular formula is C38H54N10O6S. The van der Waals surface area contributed by atoms with Crippen LogP contribution in [0.3, 0.4) is 0 Å². The van der Waals surface area contributed by atoms with Crippen LogP contribution in [0.1, 0.15) is 53.4 Å². The molecule has 2 aliphatic heterocycles. The molecule has 55 heavy (non-hydrogen) atoms. The molecule has 0 aliphatic carbocycles. The van der Waals surface area contributed by atoms with Crippen molar-refractivity contribution in [2.24, 2.45) is 0 Å². The lowest BCUT2D eigenvalue weighted by atomic mass is 10.1. The van der Waals surface area contributed by atoms with E-state index >= 15 is 0 Å². The van der Waals surface area contributed by atoms with E-state index in [-0.39, 0.29) is 42.9 Å². The van der Waals surface area contributed by atoms with Gasteiger partial charge in [0.25, 0.3) is 0 Å². The molecule has 16 nitrogen and oxygen atoms in total. The van der Waals surface area contributed by atoms with E-state index in [1.165, 1.54) is 11.8 Å². The maximum atomic E-state index is 14.1. The van der Waals surface area contributed by atoms with Crippen molar-refractivity contribution >= 4 is 35.4 Å². The second-order valence-electron chi connectivity index (χ2n) is 13.5. The zero-order chi connectivity index (χ0) is 39.7. The summed E-state index contributed by atoms with van der Waals surface area (Å²) < 4.78 is 13.5. The van der Waals surface area contributed by atoms with Gasteiger partial charge in [-0.15, -0.1) is 5.10 Å². The van der Waals surface area contributed by atoms with E-state index in [0.29, 0.717) is 31.3 Å². The van der Waals surface area contributed by atoms with E-state index in [0.717, 1.165) is 30.6 Å². The van der Waals surface area contributed by atoms with E-state index in [9.17, 15) is 19.2 Å². The number of hydrogen-bond donors (Lipinski definition) is 4. The molecule has 4 amide bonds. The predicted molar refractivity (Wildman–Crippen MR) is 206 cm³/mol. The summed E-state index contributed by atoms with van der Waals surface area (Å²) in [6, 6.07) is 6.81. The molecule has 298 valence electrons. The van der Waals surface area contributed by atoms with Crippen LogP contribution in [0.15, 0.2) is 40.4 Å². The first-order valence-corrected chi connectivity index (χ1v) is 19.6. The number of nitrogens with zero attached hydrogens (tertiary/aromatic N) is 6. The molecule has 2 aromatic rings. The molecule has 2 saturated heterocycles. The van der Waals surface area contributed by atoms with Crippen LogP contribution in [0.2, 0.25) is 0 Å². The number of nitrogens with one attached hydrogen (secondary N) is 4. The number of carbonyl (C=O) groups excluding carboxylic acids is 4. The smallest absolute Gasteiger partial charge is 0.248 e. The van der Waals surface area contributed by atoms with Crippen molar-refractivity contribution in [1.29, 1.82) is 0 Å². The van der Waals surface area contributed by atoms with Crippen LogP contribution in [-0.4, -0.2) is 143 Å². The Labute approximate surface area is 327 Å². The van der Waals surface area contributed by atoms with Gasteiger partial charge in [0.05, 0.1) is 36.9 Å². The molecule has 7 atom stereocenters. The molecular weight excluding hydrogens is 725 g/mol. The Hall–Kier alpha value is -4.52. The summed E-state index contributed by atoms with van der Waals surface area (Å²) in [5.74, 6) is 10.1. The quantitative estimate of drug-likeness (QED) is 0.154. The van der Waals surface area contributed by atoms with E-state index in [2.05, 4.69) is 60.5 Å². The van der Waals surface area contributed by atoms with E-state index < -0.39 is 36.4 Å². The number of likely N-dealkylation sites (N-methyl/N-ethyl adjacent to an activating group) is 2. The highest BCUT2D eigenvalue weighted by molar-refractivity contribution is 7.99. The Balaban J connectivity index is 1.34. The minimum Gasteiger partial charge on any atom is -0.363 e. The van der Waals surface area contributed by atoms with E-state index in [4.69, 9.17) is 9.47 Å². The number of likely N-dealkylation sites (tertiary alicyclic amines) is 2. The molecule has 17 heteroatoms. The summed E-state index contributed by atoms with van der Waals surface area (Å²) in [7, 11) is 3.35. The van der Waals surface area contributed by atoms with Gasteiger partial charge in [0, 0.05) is 24.5 Å². The molecule has 0 saturated carbocycles. The van der Waals surface area contributed by atoms with Crippen LogP contribution in [0.5, 0.6) is 0 Å². The first-order chi connectivity index (χ1) is 26.5. The lowest BCUT2D eigenvalue weighted by Crippen LogP contribution is -2.58. The van der Waals surface area contributed by atoms with Gasteiger partial charge >= 0.3 is 0 Å². The fourth-order valence-electron chi connectivity index (χ4n) is 6.08. The highest BCUT2D eigenvalue weighted by Crippen LogP contribution is 2.27. The molecule has 1 unspecified atom stereocenters. The topological polar surface area (TPSA) is 185 Å². The van der Waals surface area contributed by atoms with Crippen LogP contribution in [0.4, 0.5) is 0 Å². The zero-order valence-electron chi connectivity index (χ0n) is 32.5. The van der Waals surface area contributed by atoms with Gasteiger partial charge in [-0.25, -0.2) is 4.68 Å². The number of tetrazole rings is 1. The van der Waals surface area contributed by atoms with Crippen molar-refractivity contribution in [2.75, 3.05) is 46.9 Å². The van der Waals surface area contributed by atoms with Crippen molar-refractivity contribution in [3.63, 3.8) is 0 Å². The van der Waals surface area contributed by atoms with Gasteiger partial charge in [-0.05, 0) is 114 Å². The average molecular weight is 779 g/mol. The molecule has 4 rings (SSSR count). The summed E-state index contributed by atoms with van der Waals surface area (Å²) in [6.07, 6.45) is 2.09. The van der Waals surface area contributed by atoms with Gasteiger partial charge < -0.3 is 40.5 Å². The average Bonchev–Trinajstić information content (AvgIpc) is 4.00. The molecule has 0 bridgehead atoms. The SMILES string of the molecule is CN[C@@H](C)C(=O)NC(C(=O)N1CCC[C@H]1Cn1nnnc1Sc1ccccc1)[C@@H](C)OCC#CC#CCO[C@H](C)[C@H](NC(=O)[C@H](C)NC)C(=O)N1CCCC1. The monoisotopic (exact) mass is 778 g/mol. The van der Waals surface area contributed by atoms with Gasteiger partial charge in [0.2, 0.25) is 28.8 Å². The maximum Gasteiger partial charge on any atom is 0.248 e. The molecule has 2 fully saturated rings. The second-order valence-corrected chi connectivity index (χ2v) is 14.6. The molecule has 0 radical (unpaired) electrons. The highest BCUT2D eigenvalue weighted by atomic mass is 32.2. The van der Waals surface area contributed by atoms with Gasteiger partial charge in [-0.1, -0.05) is 30.0 Å². The Kier molecular flexibility index (Phi) is 17.4. The summed E-state index contributed by atoms with van der Waals surface area (Å²) in [5.41, 5.74) is 0. The third kappa shape index (κ3) is 12.8. The number of carbonyl (C=O) groups is 4. The fourth-order valence-corrected chi connectivity index (χ4v) is 6.88. The summed E-state index contributed by atoms with van der Waals surface area (Å²) >= 11 is 1.45. The number of amides is 4. The van der Waals surface area contributed by atoms with Crippen LogP contribution in [0, 0.1) is 23.7 Å². The van der Waals surface area contributed by atoms with Crippen LogP contribution in [-0.2, 0) is 35.2 Å². The Bertz CT molecular complexity index is 1700. The zero-order valence-corrected chi connectivity index (χ0v) is 33.4. The molecule has 3 heterocycles. The normalized spacial score (nSPS) is 18.5. The lowest BCUT2D eigenvalue weighted by molar-refractivity contribution is -0.141.